The molecule has 140 valence electrons. The van der Waals surface area contributed by atoms with E-state index in [1.807, 2.05) is 30.5 Å². The third-order valence-electron chi connectivity index (χ3n) is 5.20. The predicted molar refractivity (Wildman–Crippen MR) is 102 cm³/mol. The van der Waals surface area contributed by atoms with Crippen LogP contribution in [0.4, 0.5) is 10.1 Å². The second-order valence-corrected chi connectivity index (χ2v) is 7.08. The minimum Gasteiger partial charge on any atom is -0.361 e. The maximum Gasteiger partial charge on any atom is 0.258 e. The molecule has 0 saturated carbocycles. The fraction of sp³-hybridized carbons (Fsp3) is 0.190. The molecule has 2 aromatic heterocycles. The van der Waals surface area contributed by atoms with E-state index in [1.165, 1.54) is 6.07 Å². The lowest BCUT2D eigenvalue weighted by Crippen LogP contribution is -2.24. The van der Waals surface area contributed by atoms with E-state index in [2.05, 4.69) is 15.1 Å². The maximum absolute atomic E-state index is 13.9. The zero-order valence-corrected chi connectivity index (χ0v) is 15.1. The summed E-state index contributed by atoms with van der Waals surface area (Å²) in [5.74, 6) is 0.315. The highest BCUT2D eigenvalue weighted by Gasteiger charge is 2.34. The van der Waals surface area contributed by atoms with Crippen molar-refractivity contribution < 1.29 is 13.7 Å². The maximum atomic E-state index is 13.9. The van der Waals surface area contributed by atoms with E-state index in [-0.39, 0.29) is 24.1 Å². The number of hydrogen-bond donors (Lipinski definition) is 1. The summed E-state index contributed by atoms with van der Waals surface area (Å²) in [4.78, 5) is 21.7. The summed E-state index contributed by atoms with van der Waals surface area (Å²) in [7, 11) is 0. The Balaban J connectivity index is 1.40. The molecule has 6 nitrogen and oxygen atoms in total. The molecule has 1 saturated heterocycles. The number of anilines is 1. The van der Waals surface area contributed by atoms with Crippen LogP contribution in [0.5, 0.6) is 0 Å². The Hall–Kier alpha value is -3.48. The fourth-order valence-electron chi connectivity index (χ4n) is 3.58. The summed E-state index contributed by atoms with van der Waals surface area (Å²) < 4.78 is 19.3. The molecule has 0 spiro atoms. The first-order chi connectivity index (χ1) is 13.6. The molecule has 1 fully saturated rings. The Labute approximate surface area is 160 Å². The molecule has 1 N–H and O–H groups in total. The summed E-state index contributed by atoms with van der Waals surface area (Å²) in [6.45, 7) is 2.09. The lowest BCUT2D eigenvalue weighted by molar-refractivity contribution is -0.117. The molecule has 1 amide bonds. The van der Waals surface area contributed by atoms with Crippen molar-refractivity contribution in [2.75, 3.05) is 11.4 Å². The average Bonchev–Trinajstić information content (AvgIpc) is 3.42. The average molecular weight is 376 g/mol. The van der Waals surface area contributed by atoms with Crippen LogP contribution < -0.4 is 4.90 Å². The number of aromatic amines is 1. The summed E-state index contributed by atoms with van der Waals surface area (Å²) >= 11 is 0. The number of carbonyl (C=O) groups excluding carboxylic acids is 1. The first-order valence-corrected chi connectivity index (χ1v) is 9.06. The number of benzene rings is 2. The lowest BCUT2D eigenvalue weighted by Gasteiger charge is -2.16. The van der Waals surface area contributed by atoms with Crippen molar-refractivity contribution in [1.29, 1.82) is 0 Å². The quantitative estimate of drug-likeness (QED) is 0.582. The van der Waals surface area contributed by atoms with Crippen molar-refractivity contribution >= 4 is 22.5 Å². The highest BCUT2D eigenvalue weighted by molar-refractivity contribution is 5.96. The number of carbonyl (C=O) groups is 1. The van der Waals surface area contributed by atoms with E-state index in [0.717, 1.165) is 16.5 Å². The van der Waals surface area contributed by atoms with Gasteiger partial charge in [-0.25, -0.2) is 4.39 Å². The molecule has 2 aromatic carbocycles. The van der Waals surface area contributed by atoms with Crippen LogP contribution in [0, 0.1) is 12.7 Å². The Bertz CT molecular complexity index is 1200. The van der Waals surface area contributed by atoms with Crippen LogP contribution in [0.25, 0.3) is 22.4 Å². The van der Waals surface area contributed by atoms with E-state index in [1.54, 1.807) is 24.0 Å². The van der Waals surface area contributed by atoms with Crippen molar-refractivity contribution in [3.63, 3.8) is 0 Å². The molecule has 3 heterocycles. The number of nitrogens with zero attached hydrogens (tertiary/aromatic N) is 3. The first kappa shape index (κ1) is 16.7. The SMILES string of the molecule is Cc1ccc(N2CC(c3noc(-c4ccc5cc[nH]c5c4)n3)CC2=O)cc1F. The number of H-pyrrole nitrogens is 1. The molecule has 0 radical (unpaired) electrons. The highest BCUT2D eigenvalue weighted by Crippen LogP contribution is 2.32. The van der Waals surface area contributed by atoms with Crippen LogP contribution in [-0.2, 0) is 4.79 Å². The molecule has 1 aliphatic heterocycles. The van der Waals surface area contributed by atoms with Gasteiger partial charge in [-0.1, -0.05) is 17.3 Å². The molecule has 0 aliphatic carbocycles. The molecule has 28 heavy (non-hydrogen) atoms. The molecule has 1 atom stereocenters. The van der Waals surface area contributed by atoms with Gasteiger partial charge >= 0.3 is 0 Å². The van der Waals surface area contributed by atoms with Crippen molar-refractivity contribution in [1.82, 2.24) is 15.1 Å². The summed E-state index contributed by atoms with van der Waals surface area (Å²) in [6, 6.07) is 12.7. The monoisotopic (exact) mass is 376 g/mol. The number of nitrogens with one attached hydrogen (secondary N) is 1. The number of hydrogen-bond acceptors (Lipinski definition) is 4. The van der Waals surface area contributed by atoms with Gasteiger partial charge in [-0.3, -0.25) is 4.79 Å². The van der Waals surface area contributed by atoms with Gasteiger partial charge in [-0.15, -0.1) is 0 Å². The van der Waals surface area contributed by atoms with Gasteiger partial charge in [0.1, 0.15) is 5.82 Å². The zero-order chi connectivity index (χ0) is 19.3. The van der Waals surface area contributed by atoms with E-state index in [9.17, 15) is 9.18 Å². The molecule has 1 unspecified atom stereocenters. The largest absolute Gasteiger partial charge is 0.361 e. The third kappa shape index (κ3) is 2.76. The van der Waals surface area contributed by atoms with E-state index < -0.39 is 0 Å². The van der Waals surface area contributed by atoms with E-state index in [4.69, 9.17) is 4.52 Å². The van der Waals surface area contributed by atoms with Crippen LogP contribution in [0.15, 0.2) is 53.2 Å². The van der Waals surface area contributed by atoms with Gasteiger partial charge < -0.3 is 14.4 Å². The van der Waals surface area contributed by atoms with Gasteiger partial charge in [0.25, 0.3) is 5.89 Å². The summed E-state index contributed by atoms with van der Waals surface area (Å²) in [5, 5.41) is 5.19. The minimum atomic E-state index is -0.324. The summed E-state index contributed by atoms with van der Waals surface area (Å²) in [5.41, 5.74) is 2.90. The number of fused-ring (bicyclic) bond motifs is 1. The van der Waals surface area contributed by atoms with Crippen LogP contribution in [0.1, 0.15) is 23.7 Å². The zero-order valence-electron chi connectivity index (χ0n) is 15.1. The molecule has 5 rings (SSSR count). The first-order valence-electron chi connectivity index (χ1n) is 9.06. The smallest absolute Gasteiger partial charge is 0.258 e. The van der Waals surface area contributed by atoms with Gasteiger partial charge in [0.05, 0.1) is 0 Å². The third-order valence-corrected chi connectivity index (χ3v) is 5.20. The van der Waals surface area contributed by atoms with Crippen LogP contribution in [-0.4, -0.2) is 27.6 Å². The standard InChI is InChI=1S/C21H17FN4O2/c1-12-2-5-16(10-17(12)22)26-11-15(9-19(26)27)20-24-21(28-25-20)14-4-3-13-6-7-23-18(13)8-14/h2-8,10,15,23H,9,11H2,1H3. The Kier molecular flexibility index (Phi) is 3.75. The number of aromatic nitrogens is 3. The molecular formula is C21H17FN4O2. The van der Waals surface area contributed by atoms with E-state index >= 15 is 0 Å². The summed E-state index contributed by atoms with van der Waals surface area (Å²) in [6.07, 6.45) is 2.14. The number of rotatable bonds is 3. The normalized spacial score (nSPS) is 17.0. The fourth-order valence-corrected chi connectivity index (χ4v) is 3.58. The Morgan fingerprint density at radius 2 is 2.11 bits per heavy atom. The van der Waals surface area contributed by atoms with Gasteiger partial charge in [-0.2, -0.15) is 4.98 Å². The van der Waals surface area contributed by atoms with Crippen molar-refractivity contribution in [3.05, 3.63) is 65.9 Å². The minimum absolute atomic E-state index is 0.0765. The number of aryl methyl sites for hydroxylation is 1. The predicted octanol–water partition coefficient (Wildman–Crippen LogP) is 4.19. The van der Waals surface area contributed by atoms with Crippen LogP contribution >= 0.6 is 0 Å². The molecule has 4 aromatic rings. The van der Waals surface area contributed by atoms with E-state index in [0.29, 0.717) is 29.5 Å². The van der Waals surface area contributed by atoms with Crippen molar-refractivity contribution in [3.8, 4) is 11.5 Å². The van der Waals surface area contributed by atoms with Gasteiger partial charge in [-0.05, 0) is 48.2 Å². The molecular weight excluding hydrogens is 359 g/mol. The highest BCUT2D eigenvalue weighted by atomic mass is 19.1. The Morgan fingerprint density at radius 3 is 2.96 bits per heavy atom. The topological polar surface area (TPSA) is 75.0 Å². The molecule has 1 aliphatic rings. The molecule has 0 bridgehead atoms. The lowest BCUT2D eigenvalue weighted by atomic mass is 10.1. The van der Waals surface area contributed by atoms with Gasteiger partial charge in [0.2, 0.25) is 5.91 Å². The Morgan fingerprint density at radius 1 is 1.21 bits per heavy atom. The van der Waals surface area contributed by atoms with Crippen LogP contribution in [0.3, 0.4) is 0 Å². The number of amides is 1. The van der Waals surface area contributed by atoms with Crippen molar-refractivity contribution in [2.24, 2.45) is 0 Å². The second kappa shape index (κ2) is 6.30. The second-order valence-electron chi connectivity index (χ2n) is 7.08. The molecule has 7 heteroatoms. The van der Waals surface area contributed by atoms with Crippen LogP contribution in [0.2, 0.25) is 0 Å². The van der Waals surface area contributed by atoms with Gasteiger partial charge in [0, 0.05) is 41.8 Å². The van der Waals surface area contributed by atoms with Crippen molar-refractivity contribution in [2.45, 2.75) is 19.3 Å². The number of halogens is 1. The van der Waals surface area contributed by atoms with Gasteiger partial charge in [0.15, 0.2) is 5.82 Å².